The molecule has 178 valence electrons. The quantitative estimate of drug-likeness (QED) is 0.229. The molecule has 1 aromatic carbocycles. The van der Waals surface area contributed by atoms with Crippen molar-refractivity contribution in [1.82, 2.24) is 25.4 Å². The highest BCUT2D eigenvalue weighted by atomic mass is 32.1. The fourth-order valence-electron chi connectivity index (χ4n) is 4.20. The lowest BCUT2D eigenvalue weighted by Gasteiger charge is -2.20. The van der Waals surface area contributed by atoms with Crippen LogP contribution in [0.4, 0.5) is 0 Å². The first-order chi connectivity index (χ1) is 16.1. The van der Waals surface area contributed by atoms with Crippen molar-refractivity contribution in [1.29, 1.82) is 0 Å². The number of aliphatic hydroxyl groups is 1. The van der Waals surface area contributed by atoms with E-state index < -0.39 is 5.60 Å². The van der Waals surface area contributed by atoms with Gasteiger partial charge in [-0.3, -0.25) is 10.2 Å². The zero-order valence-electron chi connectivity index (χ0n) is 20.2. The number of thiophene rings is 1. The SMILES string of the molecule is CC(C)(C)COCc1cc(CC(C)(C)O)c2cc(-c3n[nH]c4cc(-c5cn[nH]c5)sc34)[nH]c2c1. The van der Waals surface area contributed by atoms with E-state index in [1.165, 1.54) is 0 Å². The number of nitrogens with zero attached hydrogens (tertiary/aromatic N) is 2. The second-order valence-electron chi connectivity index (χ2n) is 10.9. The van der Waals surface area contributed by atoms with Crippen LogP contribution in [0.25, 0.3) is 42.9 Å². The van der Waals surface area contributed by atoms with E-state index in [1.807, 2.05) is 26.2 Å². The summed E-state index contributed by atoms with van der Waals surface area (Å²) in [4.78, 5) is 4.71. The number of hydrogen-bond acceptors (Lipinski definition) is 5. The van der Waals surface area contributed by atoms with Gasteiger partial charge in [0.1, 0.15) is 5.69 Å². The maximum Gasteiger partial charge on any atom is 0.126 e. The molecule has 0 aliphatic heterocycles. The molecular weight excluding hydrogens is 446 g/mol. The molecule has 0 saturated carbocycles. The Morgan fingerprint density at radius 2 is 1.88 bits per heavy atom. The normalized spacial score (nSPS) is 12.9. The zero-order valence-corrected chi connectivity index (χ0v) is 21.1. The molecule has 4 heterocycles. The number of ether oxygens (including phenoxy) is 1. The number of rotatable bonds is 7. The second kappa shape index (κ2) is 8.37. The average molecular weight is 478 g/mol. The summed E-state index contributed by atoms with van der Waals surface area (Å²) in [7, 11) is 0. The number of nitrogens with one attached hydrogen (secondary N) is 3. The minimum atomic E-state index is -0.817. The topological polar surface area (TPSA) is 103 Å². The Bertz CT molecular complexity index is 1430. The van der Waals surface area contributed by atoms with E-state index in [0.29, 0.717) is 19.6 Å². The van der Waals surface area contributed by atoms with Crippen LogP contribution >= 0.6 is 11.3 Å². The van der Waals surface area contributed by atoms with E-state index in [2.05, 4.69) is 70.4 Å². The Labute approximate surface area is 202 Å². The predicted molar refractivity (Wildman–Crippen MR) is 138 cm³/mol. The molecule has 34 heavy (non-hydrogen) atoms. The number of aromatic amines is 3. The summed E-state index contributed by atoms with van der Waals surface area (Å²) in [5.41, 5.74) is 6.41. The van der Waals surface area contributed by atoms with E-state index in [-0.39, 0.29) is 5.41 Å². The summed E-state index contributed by atoms with van der Waals surface area (Å²) < 4.78 is 7.09. The van der Waals surface area contributed by atoms with Gasteiger partial charge in [0.2, 0.25) is 0 Å². The van der Waals surface area contributed by atoms with Crippen molar-refractivity contribution in [3.05, 3.63) is 47.8 Å². The van der Waals surface area contributed by atoms with Crippen molar-refractivity contribution in [2.75, 3.05) is 6.61 Å². The van der Waals surface area contributed by atoms with E-state index in [1.54, 1.807) is 11.3 Å². The number of benzene rings is 1. The Balaban J connectivity index is 1.54. The summed E-state index contributed by atoms with van der Waals surface area (Å²) in [6.45, 7) is 11.4. The highest BCUT2D eigenvalue weighted by Crippen LogP contribution is 2.39. The standard InChI is InChI=1S/C26H31N5O2S/c1-25(2,3)14-33-13-15-6-16(10-26(4,5)32)18-8-20(29-19(18)7-15)23-24-21(30-31-23)9-22(34-24)17-11-27-28-12-17/h6-9,11-12,29,32H,10,13-14H2,1-5H3,(H,27,28)(H,30,31). The zero-order chi connectivity index (χ0) is 24.1. The predicted octanol–water partition coefficient (Wildman–Crippen LogP) is 6.04. The van der Waals surface area contributed by atoms with Gasteiger partial charge in [-0.25, -0.2) is 0 Å². The molecule has 0 fully saturated rings. The number of aromatic nitrogens is 5. The smallest absolute Gasteiger partial charge is 0.126 e. The molecule has 0 radical (unpaired) electrons. The lowest BCUT2D eigenvalue weighted by atomic mass is 9.94. The van der Waals surface area contributed by atoms with Crippen LogP contribution in [0, 0.1) is 5.41 Å². The van der Waals surface area contributed by atoms with Crippen LogP contribution in [-0.2, 0) is 17.8 Å². The Kier molecular flexibility index (Phi) is 5.62. The molecule has 0 aliphatic rings. The lowest BCUT2D eigenvalue weighted by Crippen LogP contribution is -2.22. The maximum atomic E-state index is 10.6. The van der Waals surface area contributed by atoms with Gasteiger partial charge in [0.15, 0.2) is 0 Å². The van der Waals surface area contributed by atoms with Gasteiger partial charge in [0.05, 0.1) is 40.9 Å². The van der Waals surface area contributed by atoms with Gasteiger partial charge < -0.3 is 14.8 Å². The van der Waals surface area contributed by atoms with Crippen molar-refractivity contribution in [3.8, 4) is 21.8 Å². The third-order valence-corrected chi connectivity index (χ3v) is 6.77. The van der Waals surface area contributed by atoms with Crippen molar-refractivity contribution in [2.45, 2.75) is 53.2 Å². The van der Waals surface area contributed by atoms with E-state index in [9.17, 15) is 5.11 Å². The summed E-state index contributed by atoms with van der Waals surface area (Å²) in [6, 6.07) is 8.55. The third kappa shape index (κ3) is 4.80. The monoisotopic (exact) mass is 477 g/mol. The molecule has 0 spiro atoms. The van der Waals surface area contributed by atoms with Gasteiger partial charge in [0, 0.05) is 34.0 Å². The molecule has 5 aromatic rings. The molecule has 7 nitrogen and oxygen atoms in total. The van der Waals surface area contributed by atoms with Crippen LogP contribution in [0.2, 0.25) is 0 Å². The number of fused-ring (bicyclic) bond motifs is 2. The van der Waals surface area contributed by atoms with Crippen molar-refractivity contribution >= 4 is 32.5 Å². The molecule has 4 N–H and O–H groups in total. The molecule has 0 bridgehead atoms. The van der Waals surface area contributed by atoms with Gasteiger partial charge in [-0.05, 0) is 48.6 Å². The summed E-state index contributed by atoms with van der Waals surface area (Å²) in [5, 5.41) is 26.4. The minimum Gasteiger partial charge on any atom is -0.390 e. The Morgan fingerprint density at radius 3 is 2.59 bits per heavy atom. The summed E-state index contributed by atoms with van der Waals surface area (Å²) in [6.07, 6.45) is 4.27. The Hall–Kier alpha value is -2.94. The van der Waals surface area contributed by atoms with Crippen molar-refractivity contribution in [2.24, 2.45) is 5.41 Å². The largest absolute Gasteiger partial charge is 0.390 e. The van der Waals surface area contributed by atoms with Crippen molar-refractivity contribution < 1.29 is 9.84 Å². The molecule has 0 unspecified atom stereocenters. The molecule has 0 amide bonds. The molecule has 8 heteroatoms. The highest BCUT2D eigenvalue weighted by molar-refractivity contribution is 7.22. The van der Waals surface area contributed by atoms with Crippen LogP contribution in [0.15, 0.2) is 36.7 Å². The van der Waals surface area contributed by atoms with Crippen molar-refractivity contribution in [3.63, 3.8) is 0 Å². The van der Waals surface area contributed by atoms with Gasteiger partial charge in [0.25, 0.3) is 0 Å². The molecule has 5 rings (SSSR count). The second-order valence-corrected chi connectivity index (χ2v) is 11.9. The summed E-state index contributed by atoms with van der Waals surface area (Å²) >= 11 is 1.69. The van der Waals surface area contributed by atoms with Crippen LogP contribution in [-0.4, -0.2) is 42.7 Å². The number of hydrogen-bond donors (Lipinski definition) is 4. The first kappa shape index (κ1) is 22.8. The molecule has 0 aliphatic carbocycles. The van der Waals surface area contributed by atoms with Gasteiger partial charge >= 0.3 is 0 Å². The lowest BCUT2D eigenvalue weighted by molar-refractivity contribution is 0.0597. The minimum absolute atomic E-state index is 0.112. The Morgan fingerprint density at radius 1 is 1.06 bits per heavy atom. The third-order valence-electron chi connectivity index (χ3n) is 5.58. The molecule has 0 atom stereocenters. The van der Waals surface area contributed by atoms with Crippen LogP contribution in [0.3, 0.4) is 0 Å². The fraction of sp³-hybridized carbons (Fsp3) is 0.385. The van der Waals surface area contributed by atoms with Crippen LogP contribution in [0.1, 0.15) is 45.7 Å². The first-order valence-electron chi connectivity index (χ1n) is 11.5. The van der Waals surface area contributed by atoms with E-state index in [0.717, 1.165) is 54.1 Å². The first-order valence-corrected chi connectivity index (χ1v) is 12.3. The van der Waals surface area contributed by atoms with Gasteiger partial charge in [-0.15, -0.1) is 11.3 Å². The van der Waals surface area contributed by atoms with E-state index in [4.69, 9.17) is 4.74 Å². The van der Waals surface area contributed by atoms with Crippen LogP contribution < -0.4 is 0 Å². The average Bonchev–Trinajstić information content (AvgIpc) is 3.48. The molecular formula is C26H31N5O2S. The van der Waals surface area contributed by atoms with Crippen LogP contribution in [0.5, 0.6) is 0 Å². The van der Waals surface area contributed by atoms with Gasteiger partial charge in [-0.1, -0.05) is 26.8 Å². The highest BCUT2D eigenvalue weighted by Gasteiger charge is 2.20. The van der Waals surface area contributed by atoms with Gasteiger partial charge in [-0.2, -0.15) is 10.2 Å². The molecule has 0 saturated heterocycles. The molecule has 4 aromatic heterocycles. The summed E-state index contributed by atoms with van der Waals surface area (Å²) in [5.74, 6) is 0. The van der Waals surface area contributed by atoms with E-state index >= 15 is 0 Å². The fourth-order valence-corrected chi connectivity index (χ4v) is 5.30. The maximum absolute atomic E-state index is 10.6. The number of H-pyrrole nitrogens is 3.